The van der Waals surface area contributed by atoms with E-state index in [2.05, 4.69) is 0 Å². The van der Waals surface area contributed by atoms with Gasteiger partial charge in [-0.25, -0.2) is 0 Å². The van der Waals surface area contributed by atoms with Crippen LogP contribution in [0, 0.1) is 0 Å². The lowest BCUT2D eigenvalue weighted by Crippen LogP contribution is -2.55. The summed E-state index contributed by atoms with van der Waals surface area (Å²) < 4.78 is 5.30. The molecule has 1 saturated heterocycles. The number of carbonyl (C=O) groups is 2. The van der Waals surface area contributed by atoms with Gasteiger partial charge in [0.2, 0.25) is 0 Å². The number of phenols is 4. The molecule has 0 aromatic heterocycles. The van der Waals surface area contributed by atoms with E-state index in [9.17, 15) is 50.4 Å². The van der Waals surface area contributed by atoms with Gasteiger partial charge in [0, 0.05) is 11.6 Å². The summed E-state index contributed by atoms with van der Waals surface area (Å²) in [5, 5.41) is 79.8. The van der Waals surface area contributed by atoms with Gasteiger partial charge in [-0.15, -0.1) is 0 Å². The van der Waals surface area contributed by atoms with Crippen LogP contribution in [0.2, 0.25) is 0 Å². The minimum Gasteiger partial charge on any atom is -0.508 e. The fourth-order valence-corrected chi connectivity index (χ4v) is 3.54. The lowest BCUT2D eigenvalue weighted by Gasteiger charge is -2.40. The number of aromatic hydroxyl groups is 4. The predicted molar refractivity (Wildman–Crippen MR) is 106 cm³/mol. The summed E-state index contributed by atoms with van der Waals surface area (Å²) in [4.78, 5) is 25.1. The average molecular weight is 450 g/mol. The Kier molecular flexibility index (Phi) is 6.67. The lowest BCUT2D eigenvalue weighted by molar-refractivity contribution is -0.232. The average Bonchev–Trinajstić information content (AvgIpc) is 2.73. The molecule has 0 bridgehead atoms. The van der Waals surface area contributed by atoms with Gasteiger partial charge < -0.3 is 45.6 Å². The third kappa shape index (κ3) is 4.24. The number of hydrogen-bond acceptors (Lipinski definition) is 11. The molecule has 32 heavy (non-hydrogen) atoms. The van der Waals surface area contributed by atoms with Crippen molar-refractivity contribution >= 4 is 11.6 Å². The minimum absolute atomic E-state index is 0.0862. The van der Waals surface area contributed by atoms with Crippen molar-refractivity contribution in [1.29, 1.82) is 0 Å². The first kappa shape index (κ1) is 23.4. The molecule has 0 radical (unpaired) electrons. The van der Waals surface area contributed by atoms with E-state index >= 15 is 0 Å². The minimum atomic E-state index is -1.88. The van der Waals surface area contributed by atoms with E-state index in [0.717, 1.165) is 0 Å². The molecule has 2 aromatic rings. The zero-order chi connectivity index (χ0) is 23.7. The Balaban J connectivity index is 1.96. The van der Waals surface area contributed by atoms with E-state index in [1.54, 1.807) is 0 Å². The summed E-state index contributed by atoms with van der Waals surface area (Å²) in [6.45, 7) is -0.770. The second-order valence-corrected chi connectivity index (χ2v) is 7.37. The fourth-order valence-electron chi connectivity index (χ4n) is 3.54. The highest BCUT2D eigenvalue weighted by molar-refractivity contribution is 6.15. The van der Waals surface area contributed by atoms with E-state index in [1.165, 1.54) is 24.3 Å². The molecular weight excluding hydrogens is 428 g/mol. The van der Waals surface area contributed by atoms with Gasteiger partial charge in [0.15, 0.2) is 11.6 Å². The molecule has 1 aliphatic heterocycles. The highest BCUT2D eigenvalue weighted by atomic mass is 16.5. The van der Waals surface area contributed by atoms with Gasteiger partial charge in [-0.1, -0.05) is 0 Å². The van der Waals surface area contributed by atoms with Crippen LogP contribution in [0.25, 0.3) is 0 Å². The molecule has 1 heterocycles. The zero-order valence-electron chi connectivity index (χ0n) is 16.5. The molecule has 5 atom stereocenters. The molecule has 2 unspecified atom stereocenters. The van der Waals surface area contributed by atoms with Gasteiger partial charge in [0.05, 0.1) is 18.6 Å². The highest BCUT2D eigenvalue weighted by Gasteiger charge is 2.46. The second-order valence-electron chi connectivity index (χ2n) is 7.37. The van der Waals surface area contributed by atoms with E-state index in [4.69, 9.17) is 4.74 Å². The summed E-state index contributed by atoms with van der Waals surface area (Å²) in [7, 11) is 0. The van der Waals surface area contributed by atoms with Gasteiger partial charge in [-0.3, -0.25) is 9.59 Å². The number of hydrogen-bond donors (Lipinski definition) is 8. The quantitative estimate of drug-likeness (QED) is 0.208. The normalized spacial score (nSPS) is 25.4. The lowest BCUT2D eigenvalue weighted by atomic mass is 9.88. The predicted octanol–water partition coefficient (Wildman–Crippen LogP) is -0.520. The molecular formula is C21H22O11. The maximum absolute atomic E-state index is 12.7. The molecule has 11 nitrogen and oxygen atoms in total. The third-order valence-corrected chi connectivity index (χ3v) is 5.26. The highest BCUT2D eigenvalue weighted by Crippen LogP contribution is 2.46. The van der Waals surface area contributed by atoms with Crippen LogP contribution in [0.15, 0.2) is 30.3 Å². The summed E-state index contributed by atoms with van der Waals surface area (Å²) in [5.74, 6) is -4.45. The zero-order valence-corrected chi connectivity index (χ0v) is 16.5. The molecule has 172 valence electrons. The number of ketones is 2. The molecule has 1 fully saturated rings. The summed E-state index contributed by atoms with van der Waals surface area (Å²) in [6.07, 6.45) is -9.24. The first-order valence-corrected chi connectivity index (χ1v) is 9.50. The van der Waals surface area contributed by atoms with Crippen molar-refractivity contribution in [3.63, 3.8) is 0 Å². The molecule has 3 rings (SSSR count). The second kappa shape index (κ2) is 9.10. The van der Waals surface area contributed by atoms with Crippen molar-refractivity contribution in [3.05, 3.63) is 47.0 Å². The third-order valence-electron chi connectivity index (χ3n) is 5.26. The van der Waals surface area contributed by atoms with Gasteiger partial charge in [0.25, 0.3) is 0 Å². The number of aliphatic hydroxyl groups is 4. The number of carbonyl (C=O) groups excluding carboxylic acids is 2. The fraction of sp³-hybridized carbons (Fsp3) is 0.333. The Labute approximate surface area is 181 Å². The van der Waals surface area contributed by atoms with E-state index < -0.39 is 83.5 Å². The van der Waals surface area contributed by atoms with Gasteiger partial charge in [-0.2, -0.15) is 0 Å². The Bertz CT molecular complexity index is 1020. The molecule has 8 N–H and O–H groups in total. The van der Waals surface area contributed by atoms with Gasteiger partial charge in [0.1, 0.15) is 59.1 Å². The Hall–Kier alpha value is -3.22. The number of phenolic OH excluding ortho intramolecular Hbond substituents is 4. The first-order valence-electron chi connectivity index (χ1n) is 9.50. The number of aliphatic hydroxyl groups excluding tert-OH is 4. The Morgan fingerprint density at radius 2 is 1.47 bits per heavy atom. The Morgan fingerprint density at radius 1 is 0.844 bits per heavy atom. The number of rotatable bonds is 6. The number of benzene rings is 2. The Morgan fingerprint density at radius 3 is 2.06 bits per heavy atom. The molecule has 2 aromatic carbocycles. The molecule has 0 saturated carbocycles. The van der Waals surface area contributed by atoms with Crippen LogP contribution in [0.1, 0.15) is 38.8 Å². The van der Waals surface area contributed by atoms with Crippen molar-refractivity contribution < 1.29 is 55.2 Å². The van der Waals surface area contributed by atoms with Crippen LogP contribution in [0.5, 0.6) is 23.0 Å². The molecule has 11 heteroatoms. The largest absolute Gasteiger partial charge is 0.508 e. The number of Topliss-reactive ketones (excluding diaryl/α,β-unsaturated/α-hetero) is 2. The maximum Gasteiger partial charge on any atom is 0.178 e. The van der Waals surface area contributed by atoms with Crippen molar-refractivity contribution in [1.82, 2.24) is 0 Å². The number of ether oxygens (including phenoxy) is 1. The summed E-state index contributed by atoms with van der Waals surface area (Å²) in [6, 6.07) is 5.73. The van der Waals surface area contributed by atoms with E-state index in [-0.39, 0.29) is 11.3 Å². The topological polar surface area (TPSA) is 205 Å². The van der Waals surface area contributed by atoms with E-state index in [0.29, 0.717) is 6.07 Å². The van der Waals surface area contributed by atoms with Crippen LogP contribution in [-0.4, -0.2) is 83.4 Å². The SMILES string of the molecule is O=C(CC(=O)c1c(O)cc(O)c([C@@H]2OC(CO)[C@@H](O)[C@H](O)C2O)c1O)c1ccc(O)cc1. The van der Waals surface area contributed by atoms with Crippen LogP contribution < -0.4 is 0 Å². The van der Waals surface area contributed by atoms with Gasteiger partial charge in [-0.05, 0) is 24.3 Å². The van der Waals surface area contributed by atoms with Crippen LogP contribution >= 0.6 is 0 Å². The molecule has 1 aliphatic rings. The standard InChI is InChI=1S/C21H22O11/c22-7-14-17(28)19(30)20(31)21(32-14)16-13(27)6-12(26)15(18(16)29)11(25)5-10(24)8-1-3-9(23)4-2-8/h1-4,6,14,17,19-23,26-31H,5,7H2/t14?,17-,19+,20?,21+/m1/s1. The smallest absolute Gasteiger partial charge is 0.178 e. The van der Waals surface area contributed by atoms with Crippen molar-refractivity contribution in [2.24, 2.45) is 0 Å². The van der Waals surface area contributed by atoms with Crippen molar-refractivity contribution in [2.45, 2.75) is 36.9 Å². The van der Waals surface area contributed by atoms with E-state index in [1.807, 2.05) is 0 Å². The first-order chi connectivity index (χ1) is 15.1. The summed E-state index contributed by atoms with van der Waals surface area (Å²) >= 11 is 0. The monoisotopic (exact) mass is 450 g/mol. The van der Waals surface area contributed by atoms with Gasteiger partial charge >= 0.3 is 0 Å². The maximum atomic E-state index is 12.7. The van der Waals surface area contributed by atoms with Crippen LogP contribution in [0.3, 0.4) is 0 Å². The van der Waals surface area contributed by atoms with Crippen LogP contribution in [0.4, 0.5) is 0 Å². The summed E-state index contributed by atoms with van der Waals surface area (Å²) in [5.41, 5.74) is -1.23. The van der Waals surface area contributed by atoms with Crippen molar-refractivity contribution in [3.8, 4) is 23.0 Å². The molecule has 0 amide bonds. The molecule has 0 spiro atoms. The van der Waals surface area contributed by atoms with Crippen molar-refractivity contribution in [2.75, 3.05) is 6.61 Å². The van der Waals surface area contributed by atoms with Crippen LogP contribution in [-0.2, 0) is 4.74 Å². The molecule has 0 aliphatic carbocycles.